The fourth-order valence-corrected chi connectivity index (χ4v) is 5.67. The second-order valence-electron chi connectivity index (χ2n) is 9.99. The highest BCUT2D eigenvalue weighted by molar-refractivity contribution is 5.75. The Bertz CT molecular complexity index is 1330. The molecule has 172 valence electrons. The van der Waals surface area contributed by atoms with Crippen molar-refractivity contribution in [2.45, 2.75) is 51.9 Å². The van der Waals surface area contributed by atoms with Gasteiger partial charge in [-0.15, -0.1) is 0 Å². The van der Waals surface area contributed by atoms with Crippen LogP contribution in [0.2, 0.25) is 0 Å². The zero-order valence-corrected chi connectivity index (χ0v) is 21.0. The molecular formula is C32H36N2+2. The Morgan fingerprint density at radius 2 is 1.41 bits per heavy atom. The fourth-order valence-electron chi connectivity index (χ4n) is 5.67. The second-order valence-corrected chi connectivity index (χ2v) is 9.99. The van der Waals surface area contributed by atoms with E-state index in [0.29, 0.717) is 0 Å². The Morgan fingerprint density at radius 1 is 0.647 bits per heavy atom. The summed E-state index contributed by atoms with van der Waals surface area (Å²) in [5, 5.41) is 0. The first kappa shape index (κ1) is 22.5. The van der Waals surface area contributed by atoms with Gasteiger partial charge in [-0.3, -0.25) is 0 Å². The molecule has 2 heterocycles. The first-order valence-electron chi connectivity index (χ1n) is 12.7. The zero-order valence-electron chi connectivity index (χ0n) is 21.0. The second kappa shape index (κ2) is 9.54. The fraction of sp³-hybridized carbons (Fsp3) is 0.312. The Morgan fingerprint density at radius 3 is 2.18 bits per heavy atom. The average Bonchev–Trinajstić information content (AvgIpc) is 2.86. The first-order chi connectivity index (χ1) is 16.5. The normalized spacial score (nSPS) is 14.4. The predicted octanol–water partition coefficient (Wildman–Crippen LogP) is 7.00. The number of pyridine rings is 2. The van der Waals surface area contributed by atoms with Gasteiger partial charge in [0.25, 0.3) is 11.4 Å². The Balaban J connectivity index is 1.55. The standard InChI is InChI=1S/C32H36N2/c1-23-16-17-27(28-19-18-26(21-24(28)2)25-11-6-5-7-12-25)22-29(23)30-14-10-15-32(34(30)4)31-13-8-9-20-33(31)3/h8-10,13-22,25H,5-7,11-12H2,1-4H3/q+2. The van der Waals surface area contributed by atoms with Gasteiger partial charge in [-0.25, -0.2) is 0 Å². The van der Waals surface area contributed by atoms with Crippen LogP contribution in [0.1, 0.15) is 54.7 Å². The minimum atomic E-state index is 0.746. The molecule has 2 nitrogen and oxygen atoms in total. The van der Waals surface area contributed by atoms with E-state index in [2.05, 4.69) is 116 Å². The molecule has 0 N–H and O–H groups in total. The summed E-state index contributed by atoms with van der Waals surface area (Å²) in [6, 6.07) is 27.1. The van der Waals surface area contributed by atoms with Crippen molar-refractivity contribution < 1.29 is 9.13 Å². The number of hydrogen-bond donors (Lipinski definition) is 0. The van der Waals surface area contributed by atoms with E-state index in [9.17, 15) is 0 Å². The largest absolute Gasteiger partial charge is 0.277 e. The lowest BCUT2D eigenvalue weighted by molar-refractivity contribution is -0.685. The Hall–Kier alpha value is -3.26. The molecule has 0 saturated heterocycles. The SMILES string of the molecule is Cc1cc(C2CCCCC2)ccc1-c1ccc(C)c(-c2cccc(-c3cccc[n+]3C)[n+]2C)c1. The molecule has 1 aliphatic carbocycles. The van der Waals surface area contributed by atoms with Crippen LogP contribution in [0, 0.1) is 13.8 Å². The summed E-state index contributed by atoms with van der Waals surface area (Å²) in [5.74, 6) is 0.746. The van der Waals surface area contributed by atoms with Gasteiger partial charge in [-0.05, 0) is 78.6 Å². The van der Waals surface area contributed by atoms with Crippen LogP contribution in [0.4, 0.5) is 0 Å². The monoisotopic (exact) mass is 448 g/mol. The minimum Gasteiger partial charge on any atom is -0.196 e. The molecule has 0 amide bonds. The maximum absolute atomic E-state index is 2.45. The molecule has 0 radical (unpaired) electrons. The van der Waals surface area contributed by atoms with Gasteiger partial charge >= 0.3 is 0 Å². The van der Waals surface area contributed by atoms with E-state index >= 15 is 0 Å². The van der Waals surface area contributed by atoms with E-state index in [1.54, 1.807) is 0 Å². The molecule has 5 rings (SSSR count). The molecule has 0 unspecified atom stereocenters. The van der Waals surface area contributed by atoms with Crippen molar-refractivity contribution >= 4 is 0 Å². The maximum atomic E-state index is 2.45. The summed E-state index contributed by atoms with van der Waals surface area (Å²) < 4.78 is 4.50. The number of rotatable bonds is 4. The van der Waals surface area contributed by atoms with E-state index < -0.39 is 0 Å². The Kier molecular flexibility index (Phi) is 6.32. The number of nitrogens with zero attached hydrogens (tertiary/aromatic N) is 2. The first-order valence-corrected chi connectivity index (χ1v) is 12.7. The van der Waals surface area contributed by atoms with E-state index in [1.165, 1.54) is 82.6 Å². The van der Waals surface area contributed by atoms with Crippen LogP contribution in [0.25, 0.3) is 33.8 Å². The van der Waals surface area contributed by atoms with Crippen molar-refractivity contribution in [1.82, 2.24) is 0 Å². The van der Waals surface area contributed by atoms with Gasteiger partial charge in [0.1, 0.15) is 14.1 Å². The van der Waals surface area contributed by atoms with Gasteiger partial charge in [0.2, 0.25) is 5.69 Å². The summed E-state index contributed by atoms with van der Waals surface area (Å²) in [6.45, 7) is 4.49. The number of benzene rings is 2. The van der Waals surface area contributed by atoms with Crippen molar-refractivity contribution in [3.05, 3.63) is 95.7 Å². The molecule has 0 bridgehead atoms. The number of aryl methyl sites for hydroxylation is 3. The lowest BCUT2D eigenvalue weighted by Gasteiger charge is -2.23. The number of hydrogen-bond acceptors (Lipinski definition) is 0. The van der Waals surface area contributed by atoms with Gasteiger partial charge < -0.3 is 0 Å². The van der Waals surface area contributed by atoms with Crippen LogP contribution in [-0.2, 0) is 14.1 Å². The van der Waals surface area contributed by atoms with E-state index in [4.69, 9.17) is 0 Å². The van der Waals surface area contributed by atoms with Gasteiger partial charge in [0.05, 0.1) is 0 Å². The lowest BCUT2D eigenvalue weighted by atomic mass is 9.82. The predicted molar refractivity (Wildman–Crippen MR) is 140 cm³/mol. The molecular weight excluding hydrogens is 412 g/mol. The smallest absolute Gasteiger partial charge is 0.196 e. The van der Waals surface area contributed by atoms with Crippen molar-refractivity contribution in [2.75, 3.05) is 0 Å². The molecule has 4 aromatic rings. The minimum absolute atomic E-state index is 0.746. The quantitative estimate of drug-likeness (QED) is 0.297. The summed E-state index contributed by atoms with van der Waals surface area (Å²) in [5.41, 5.74) is 11.8. The van der Waals surface area contributed by atoms with Crippen LogP contribution in [-0.4, -0.2) is 0 Å². The average molecular weight is 449 g/mol. The van der Waals surface area contributed by atoms with E-state index in [-0.39, 0.29) is 0 Å². The third-order valence-corrected chi connectivity index (χ3v) is 7.70. The number of aromatic nitrogens is 2. The molecule has 2 aromatic heterocycles. The van der Waals surface area contributed by atoms with Gasteiger partial charge in [0.15, 0.2) is 6.20 Å². The topological polar surface area (TPSA) is 7.76 Å². The van der Waals surface area contributed by atoms with Crippen LogP contribution >= 0.6 is 0 Å². The van der Waals surface area contributed by atoms with E-state index in [0.717, 1.165) is 5.92 Å². The summed E-state index contributed by atoms with van der Waals surface area (Å²) >= 11 is 0. The third kappa shape index (κ3) is 4.30. The molecule has 34 heavy (non-hydrogen) atoms. The lowest BCUT2D eigenvalue weighted by Crippen LogP contribution is -2.39. The van der Waals surface area contributed by atoms with Crippen LogP contribution in [0.3, 0.4) is 0 Å². The van der Waals surface area contributed by atoms with Crippen LogP contribution < -0.4 is 9.13 Å². The summed E-state index contributed by atoms with van der Waals surface area (Å²) in [4.78, 5) is 0. The van der Waals surface area contributed by atoms with Gasteiger partial charge in [-0.2, -0.15) is 9.13 Å². The molecule has 0 aliphatic heterocycles. The van der Waals surface area contributed by atoms with Gasteiger partial charge in [0, 0.05) is 29.8 Å². The van der Waals surface area contributed by atoms with Gasteiger partial charge in [-0.1, -0.05) is 49.6 Å². The zero-order chi connectivity index (χ0) is 23.7. The Labute approximate surface area is 204 Å². The molecule has 2 aromatic carbocycles. The molecule has 1 fully saturated rings. The van der Waals surface area contributed by atoms with Crippen molar-refractivity contribution in [3.63, 3.8) is 0 Å². The van der Waals surface area contributed by atoms with Crippen molar-refractivity contribution in [1.29, 1.82) is 0 Å². The summed E-state index contributed by atoms with van der Waals surface area (Å²) in [7, 11) is 4.28. The molecule has 1 aliphatic rings. The van der Waals surface area contributed by atoms with Crippen LogP contribution in [0.5, 0.6) is 0 Å². The highest BCUT2D eigenvalue weighted by Crippen LogP contribution is 2.36. The third-order valence-electron chi connectivity index (χ3n) is 7.70. The highest BCUT2D eigenvalue weighted by Gasteiger charge is 2.23. The highest BCUT2D eigenvalue weighted by atomic mass is 15.0. The van der Waals surface area contributed by atoms with Crippen molar-refractivity contribution in [3.8, 4) is 33.8 Å². The molecule has 0 atom stereocenters. The van der Waals surface area contributed by atoms with Crippen molar-refractivity contribution in [2.24, 2.45) is 14.1 Å². The maximum Gasteiger partial charge on any atom is 0.277 e. The summed E-state index contributed by atoms with van der Waals surface area (Å²) in [6.07, 6.45) is 8.96. The molecule has 2 heteroatoms. The molecule has 0 spiro atoms. The van der Waals surface area contributed by atoms with Crippen LogP contribution in [0.15, 0.2) is 79.0 Å². The molecule has 1 saturated carbocycles. The van der Waals surface area contributed by atoms with E-state index in [1.807, 2.05) is 0 Å².